The van der Waals surface area contributed by atoms with E-state index in [4.69, 9.17) is 0 Å². The van der Waals surface area contributed by atoms with Gasteiger partial charge < -0.3 is 5.11 Å². The van der Waals surface area contributed by atoms with Crippen molar-refractivity contribution in [2.24, 2.45) is 4.99 Å². The molecule has 7 nitrogen and oxygen atoms in total. The fourth-order valence-electron chi connectivity index (χ4n) is 3.38. The summed E-state index contributed by atoms with van der Waals surface area (Å²) in [4.78, 5) is 17.4. The lowest BCUT2D eigenvalue weighted by molar-refractivity contribution is 0.476. The van der Waals surface area contributed by atoms with Gasteiger partial charge in [-0.25, -0.2) is 13.1 Å². The Bertz CT molecular complexity index is 1480. The Kier molecular flexibility index (Phi) is 5.54. The zero-order valence-corrected chi connectivity index (χ0v) is 18.3. The molecule has 0 unspecified atom stereocenters. The molecule has 0 fully saturated rings. The summed E-state index contributed by atoms with van der Waals surface area (Å²) in [6.45, 7) is 1.75. The normalized spacial score (nSPS) is 11.8. The minimum atomic E-state index is -3.46. The van der Waals surface area contributed by atoms with Gasteiger partial charge in [0.1, 0.15) is 11.4 Å². The van der Waals surface area contributed by atoms with E-state index in [1.165, 1.54) is 29.1 Å². The van der Waals surface area contributed by atoms with Crippen LogP contribution in [0.5, 0.6) is 5.75 Å². The van der Waals surface area contributed by atoms with Gasteiger partial charge in [-0.3, -0.25) is 14.9 Å². The third-order valence-electron chi connectivity index (χ3n) is 5.05. The first-order valence-electron chi connectivity index (χ1n) is 9.79. The average molecular weight is 448 g/mol. The summed E-state index contributed by atoms with van der Waals surface area (Å²) in [7, 11) is -3.46. The maximum absolute atomic E-state index is 13.2. The largest absolute Gasteiger partial charge is 0.506 e. The SMILES string of the molecule is Cc1[nH]n(-c2ccccc2-c2ccccc2)c(=O)c1C=Nc1cc(S(C)(=O)=O)ccc1O. The van der Waals surface area contributed by atoms with Crippen molar-refractivity contribution < 1.29 is 13.5 Å². The van der Waals surface area contributed by atoms with E-state index in [9.17, 15) is 18.3 Å². The van der Waals surface area contributed by atoms with Gasteiger partial charge in [-0.2, -0.15) is 0 Å². The summed E-state index contributed by atoms with van der Waals surface area (Å²) in [5.74, 6) is -0.184. The number of aromatic hydroxyl groups is 1. The minimum Gasteiger partial charge on any atom is -0.506 e. The zero-order valence-electron chi connectivity index (χ0n) is 17.5. The molecule has 0 saturated heterocycles. The Labute approximate surface area is 185 Å². The topological polar surface area (TPSA) is 105 Å². The molecule has 4 rings (SSSR count). The second-order valence-corrected chi connectivity index (χ2v) is 9.37. The van der Waals surface area contributed by atoms with Gasteiger partial charge in [0.2, 0.25) is 0 Å². The van der Waals surface area contributed by atoms with Crippen molar-refractivity contribution in [3.05, 3.63) is 94.4 Å². The van der Waals surface area contributed by atoms with E-state index in [1.54, 1.807) is 6.92 Å². The molecule has 0 aliphatic carbocycles. The van der Waals surface area contributed by atoms with Crippen LogP contribution in [-0.4, -0.2) is 35.8 Å². The van der Waals surface area contributed by atoms with Crippen LogP contribution >= 0.6 is 0 Å². The molecular weight excluding hydrogens is 426 g/mol. The zero-order chi connectivity index (χ0) is 22.9. The Morgan fingerprint density at radius 2 is 1.69 bits per heavy atom. The molecule has 0 aliphatic rings. The summed E-state index contributed by atoms with van der Waals surface area (Å²) in [5.41, 5.74) is 3.18. The van der Waals surface area contributed by atoms with E-state index in [0.717, 1.165) is 17.4 Å². The van der Waals surface area contributed by atoms with E-state index in [-0.39, 0.29) is 21.9 Å². The van der Waals surface area contributed by atoms with E-state index in [1.807, 2.05) is 54.6 Å². The molecule has 0 saturated carbocycles. The van der Waals surface area contributed by atoms with E-state index >= 15 is 0 Å². The molecule has 1 aromatic heterocycles. The molecule has 0 aliphatic heterocycles. The van der Waals surface area contributed by atoms with Crippen LogP contribution in [0.1, 0.15) is 11.3 Å². The number of H-pyrrole nitrogens is 1. The number of sulfone groups is 1. The predicted molar refractivity (Wildman–Crippen MR) is 125 cm³/mol. The second-order valence-electron chi connectivity index (χ2n) is 7.36. The fourth-order valence-corrected chi connectivity index (χ4v) is 4.02. The number of aromatic nitrogens is 2. The van der Waals surface area contributed by atoms with Crippen LogP contribution < -0.4 is 5.56 Å². The van der Waals surface area contributed by atoms with Crippen molar-refractivity contribution >= 4 is 21.7 Å². The van der Waals surface area contributed by atoms with Gasteiger partial charge in [-0.15, -0.1) is 0 Å². The Morgan fingerprint density at radius 1 is 1.00 bits per heavy atom. The molecule has 8 heteroatoms. The number of hydrogen-bond acceptors (Lipinski definition) is 5. The van der Waals surface area contributed by atoms with Gasteiger partial charge in [0.15, 0.2) is 9.84 Å². The lowest BCUT2D eigenvalue weighted by atomic mass is 10.0. The van der Waals surface area contributed by atoms with Crippen LogP contribution in [0.25, 0.3) is 16.8 Å². The van der Waals surface area contributed by atoms with E-state index < -0.39 is 9.84 Å². The van der Waals surface area contributed by atoms with Crippen LogP contribution in [0, 0.1) is 6.92 Å². The summed E-state index contributed by atoms with van der Waals surface area (Å²) < 4.78 is 25.0. The molecule has 4 aromatic rings. The number of para-hydroxylation sites is 1. The summed E-state index contributed by atoms with van der Waals surface area (Å²) in [6, 6.07) is 21.1. The lowest BCUT2D eigenvalue weighted by Gasteiger charge is -2.09. The standard InChI is InChI=1S/C24H21N3O4S/c1-16-20(15-25-21-14-18(32(2,30)31)12-13-23(21)28)24(29)27(26-16)22-11-7-6-10-19(22)17-8-4-3-5-9-17/h3-15,26,28H,1-2H3. The molecule has 32 heavy (non-hydrogen) atoms. The molecular formula is C24H21N3O4S. The van der Waals surface area contributed by atoms with Crippen LogP contribution in [0.4, 0.5) is 5.69 Å². The van der Waals surface area contributed by atoms with Crippen molar-refractivity contribution in [3.63, 3.8) is 0 Å². The number of aromatic amines is 1. The first-order chi connectivity index (χ1) is 15.3. The van der Waals surface area contributed by atoms with Crippen LogP contribution in [0.2, 0.25) is 0 Å². The molecule has 162 valence electrons. The number of rotatable bonds is 5. The fraction of sp³-hybridized carbons (Fsp3) is 0.0833. The van der Waals surface area contributed by atoms with Crippen LogP contribution in [-0.2, 0) is 9.84 Å². The molecule has 3 aromatic carbocycles. The summed E-state index contributed by atoms with van der Waals surface area (Å²) in [5, 5.41) is 13.1. The molecule has 0 amide bonds. The van der Waals surface area contributed by atoms with Crippen LogP contribution in [0.3, 0.4) is 0 Å². The molecule has 0 bridgehead atoms. The minimum absolute atomic E-state index is 0.0300. The number of phenolic OH excluding ortho intramolecular Hbond substituents is 1. The number of nitrogens with zero attached hydrogens (tertiary/aromatic N) is 2. The number of aryl methyl sites for hydroxylation is 1. The highest BCUT2D eigenvalue weighted by Gasteiger charge is 2.15. The van der Waals surface area contributed by atoms with Crippen molar-refractivity contribution in [2.75, 3.05) is 6.26 Å². The first kappa shape index (κ1) is 21.3. The molecule has 0 spiro atoms. The Balaban J connectivity index is 1.78. The van der Waals surface area contributed by atoms with Gasteiger partial charge in [0, 0.05) is 23.7 Å². The number of hydrogen-bond donors (Lipinski definition) is 2. The highest BCUT2D eigenvalue weighted by atomic mass is 32.2. The maximum Gasteiger partial charge on any atom is 0.280 e. The average Bonchev–Trinajstić information content (AvgIpc) is 3.06. The number of nitrogens with one attached hydrogen (secondary N) is 1. The second kappa shape index (κ2) is 8.32. The van der Waals surface area contributed by atoms with Crippen molar-refractivity contribution in [3.8, 4) is 22.6 Å². The quantitative estimate of drug-likeness (QED) is 0.451. The molecule has 0 atom stereocenters. The van der Waals surface area contributed by atoms with Gasteiger partial charge in [-0.05, 0) is 36.8 Å². The van der Waals surface area contributed by atoms with Crippen molar-refractivity contribution in [1.29, 1.82) is 0 Å². The Hall–Kier alpha value is -3.91. The first-order valence-corrected chi connectivity index (χ1v) is 11.7. The van der Waals surface area contributed by atoms with Crippen LogP contribution in [0.15, 0.2) is 87.5 Å². The Morgan fingerprint density at radius 3 is 2.41 bits per heavy atom. The third-order valence-corrected chi connectivity index (χ3v) is 6.16. The molecule has 0 radical (unpaired) electrons. The number of phenols is 1. The van der Waals surface area contributed by atoms with Gasteiger partial charge in [-0.1, -0.05) is 48.5 Å². The monoisotopic (exact) mass is 447 g/mol. The summed E-state index contributed by atoms with van der Waals surface area (Å²) in [6.07, 6.45) is 2.41. The van der Waals surface area contributed by atoms with Gasteiger partial charge in [0.25, 0.3) is 5.56 Å². The van der Waals surface area contributed by atoms with Crippen molar-refractivity contribution in [1.82, 2.24) is 9.78 Å². The van der Waals surface area contributed by atoms with E-state index in [2.05, 4.69) is 10.1 Å². The molecule has 2 N–H and O–H groups in total. The lowest BCUT2D eigenvalue weighted by Crippen LogP contribution is -2.17. The smallest absolute Gasteiger partial charge is 0.280 e. The maximum atomic E-state index is 13.2. The summed E-state index contributed by atoms with van der Waals surface area (Å²) >= 11 is 0. The predicted octanol–water partition coefficient (Wildman–Crippen LogP) is 4.00. The van der Waals surface area contributed by atoms with E-state index in [0.29, 0.717) is 16.9 Å². The van der Waals surface area contributed by atoms with Crippen molar-refractivity contribution in [2.45, 2.75) is 11.8 Å². The highest BCUT2D eigenvalue weighted by Crippen LogP contribution is 2.29. The van der Waals surface area contributed by atoms with Gasteiger partial charge >= 0.3 is 0 Å². The highest BCUT2D eigenvalue weighted by molar-refractivity contribution is 7.90. The number of benzene rings is 3. The molecule has 1 heterocycles. The number of aliphatic imine (C=N–C) groups is 1. The van der Waals surface area contributed by atoms with Gasteiger partial charge in [0.05, 0.1) is 16.1 Å². The third kappa shape index (κ3) is 4.13.